The second-order valence-corrected chi connectivity index (χ2v) is 4.25. The molecule has 6 heteroatoms. The Morgan fingerprint density at radius 3 is 3.11 bits per heavy atom. The molecule has 1 heterocycles. The van der Waals surface area contributed by atoms with Crippen molar-refractivity contribution < 1.29 is 18.7 Å². The Balaban J connectivity index is 1.92. The number of hydrogen-bond donors (Lipinski definition) is 2. The van der Waals surface area contributed by atoms with Crippen LogP contribution < -0.4 is 15.4 Å². The highest BCUT2D eigenvalue weighted by Gasteiger charge is 2.17. The first-order valence-corrected chi connectivity index (χ1v) is 6.15. The number of halogens is 1. The highest BCUT2D eigenvalue weighted by molar-refractivity contribution is 5.94. The van der Waals surface area contributed by atoms with Crippen LogP contribution >= 0.6 is 0 Å². The molecule has 1 unspecified atom stereocenters. The normalized spacial score (nSPS) is 18.9. The Bertz CT molecular complexity index is 448. The average molecular weight is 268 g/mol. The summed E-state index contributed by atoms with van der Waals surface area (Å²) < 4.78 is 24.0. The first-order chi connectivity index (χ1) is 9.20. The van der Waals surface area contributed by atoms with Crippen LogP contribution in [0.4, 0.5) is 4.39 Å². The third-order valence-electron chi connectivity index (χ3n) is 2.92. The van der Waals surface area contributed by atoms with Gasteiger partial charge in [0.1, 0.15) is 11.6 Å². The maximum absolute atomic E-state index is 13.7. The lowest BCUT2D eigenvalue weighted by Gasteiger charge is -2.23. The van der Waals surface area contributed by atoms with Crippen LogP contribution in [0.5, 0.6) is 5.75 Å². The molecule has 0 spiro atoms. The fourth-order valence-electron chi connectivity index (χ4n) is 1.86. The lowest BCUT2D eigenvalue weighted by molar-refractivity contribution is 0.0287. The van der Waals surface area contributed by atoms with Gasteiger partial charge in [0, 0.05) is 25.7 Å². The van der Waals surface area contributed by atoms with Crippen molar-refractivity contribution >= 4 is 5.91 Å². The second kappa shape index (κ2) is 6.49. The standard InChI is InChI=1S/C13H17FN2O3/c1-18-9-2-3-11(12(14)6-9)13(17)16-8-10-7-15-4-5-19-10/h2-3,6,10,15H,4-5,7-8H2,1H3,(H,16,17). The van der Waals surface area contributed by atoms with Gasteiger partial charge in [-0.1, -0.05) is 0 Å². The van der Waals surface area contributed by atoms with Crippen molar-refractivity contribution in [2.24, 2.45) is 0 Å². The summed E-state index contributed by atoms with van der Waals surface area (Å²) in [5.74, 6) is -0.664. The molecule has 1 atom stereocenters. The quantitative estimate of drug-likeness (QED) is 0.837. The Labute approximate surface area is 111 Å². The molecule has 0 saturated carbocycles. The molecule has 1 aliphatic rings. The molecule has 1 aromatic carbocycles. The van der Waals surface area contributed by atoms with E-state index in [-0.39, 0.29) is 11.7 Å². The van der Waals surface area contributed by atoms with Gasteiger partial charge in [-0.25, -0.2) is 4.39 Å². The number of ether oxygens (including phenoxy) is 2. The fourth-order valence-corrected chi connectivity index (χ4v) is 1.86. The van der Waals surface area contributed by atoms with E-state index in [0.717, 1.165) is 6.54 Å². The van der Waals surface area contributed by atoms with Crippen molar-refractivity contribution in [3.63, 3.8) is 0 Å². The molecule has 1 fully saturated rings. The van der Waals surface area contributed by atoms with Crippen LogP contribution in [0.1, 0.15) is 10.4 Å². The Morgan fingerprint density at radius 2 is 2.47 bits per heavy atom. The predicted octanol–water partition coefficient (Wildman–Crippen LogP) is 0.552. The molecule has 1 saturated heterocycles. The highest BCUT2D eigenvalue weighted by atomic mass is 19.1. The van der Waals surface area contributed by atoms with Gasteiger partial charge in [0.2, 0.25) is 0 Å². The molecule has 5 nitrogen and oxygen atoms in total. The molecule has 1 aliphatic heterocycles. The van der Waals surface area contributed by atoms with Crippen molar-refractivity contribution in [1.29, 1.82) is 0 Å². The number of methoxy groups -OCH3 is 1. The van der Waals surface area contributed by atoms with Gasteiger partial charge in [-0.15, -0.1) is 0 Å². The molecule has 0 aliphatic carbocycles. The van der Waals surface area contributed by atoms with E-state index in [0.29, 0.717) is 25.4 Å². The van der Waals surface area contributed by atoms with Crippen molar-refractivity contribution in [2.45, 2.75) is 6.10 Å². The molecular weight excluding hydrogens is 251 g/mol. The zero-order valence-electron chi connectivity index (χ0n) is 10.7. The molecular formula is C13H17FN2O3. The summed E-state index contributed by atoms with van der Waals surface area (Å²) in [4.78, 5) is 11.8. The number of amides is 1. The summed E-state index contributed by atoms with van der Waals surface area (Å²) in [7, 11) is 1.45. The zero-order chi connectivity index (χ0) is 13.7. The summed E-state index contributed by atoms with van der Waals surface area (Å²) in [6, 6.07) is 4.15. The monoisotopic (exact) mass is 268 g/mol. The molecule has 0 aromatic heterocycles. The lowest BCUT2D eigenvalue weighted by atomic mass is 10.2. The van der Waals surface area contributed by atoms with Gasteiger partial charge in [0.15, 0.2) is 0 Å². The Morgan fingerprint density at radius 1 is 1.63 bits per heavy atom. The van der Waals surface area contributed by atoms with Crippen LogP contribution in [0.2, 0.25) is 0 Å². The van der Waals surface area contributed by atoms with Crippen molar-refractivity contribution in [3.8, 4) is 5.75 Å². The zero-order valence-corrected chi connectivity index (χ0v) is 10.7. The summed E-state index contributed by atoms with van der Waals surface area (Å²) in [5.41, 5.74) is 0.00423. The van der Waals surface area contributed by atoms with Crippen LogP contribution in [0, 0.1) is 5.82 Å². The largest absolute Gasteiger partial charge is 0.497 e. The number of carbonyl (C=O) groups excluding carboxylic acids is 1. The molecule has 1 amide bonds. The third kappa shape index (κ3) is 3.65. The fraction of sp³-hybridized carbons (Fsp3) is 0.462. The highest BCUT2D eigenvalue weighted by Crippen LogP contribution is 2.16. The van der Waals surface area contributed by atoms with Crippen molar-refractivity contribution in [2.75, 3.05) is 33.4 Å². The lowest BCUT2D eigenvalue weighted by Crippen LogP contribution is -2.45. The molecule has 19 heavy (non-hydrogen) atoms. The van der Waals surface area contributed by atoms with Gasteiger partial charge < -0.3 is 20.1 Å². The SMILES string of the molecule is COc1ccc(C(=O)NCC2CNCCO2)c(F)c1. The Kier molecular flexibility index (Phi) is 4.70. The van der Waals surface area contributed by atoms with Crippen LogP contribution in [0.15, 0.2) is 18.2 Å². The topological polar surface area (TPSA) is 59.6 Å². The molecule has 0 radical (unpaired) electrons. The smallest absolute Gasteiger partial charge is 0.254 e. The van der Waals surface area contributed by atoms with Gasteiger partial charge >= 0.3 is 0 Å². The maximum atomic E-state index is 13.7. The molecule has 104 valence electrons. The van der Waals surface area contributed by atoms with E-state index in [4.69, 9.17) is 9.47 Å². The first kappa shape index (κ1) is 13.8. The summed E-state index contributed by atoms with van der Waals surface area (Å²) in [5, 5.41) is 5.82. The third-order valence-corrected chi connectivity index (χ3v) is 2.92. The van der Waals surface area contributed by atoms with Gasteiger partial charge in [-0.2, -0.15) is 0 Å². The van der Waals surface area contributed by atoms with E-state index in [9.17, 15) is 9.18 Å². The van der Waals surface area contributed by atoms with Crippen molar-refractivity contribution in [3.05, 3.63) is 29.6 Å². The van der Waals surface area contributed by atoms with Crippen LogP contribution in [-0.4, -0.2) is 45.4 Å². The number of morpholine rings is 1. The van der Waals surface area contributed by atoms with E-state index in [2.05, 4.69) is 10.6 Å². The number of rotatable bonds is 4. The summed E-state index contributed by atoms with van der Waals surface area (Å²) in [6.45, 7) is 2.48. The second-order valence-electron chi connectivity index (χ2n) is 4.25. The van der Waals surface area contributed by atoms with E-state index >= 15 is 0 Å². The molecule has 0 bridgehead atoms. The van der Waals surface area contributed by atoms with E-state index in [1.54, 1.807) is 6.07 Å². The van der Waals surface area contributed by atoms with E-state index in [1.807, 2.05) is 0 Å². The molecule has 2 rings (SSSR count). The number of benzene rings is 1. The summed E-state index contributed by atoms with van der Waals surface area (Å²) >= 11 is 0. The van der Waals surface area contributed by atoms with Gasteiger partial charge in [-0.05, 0) is 12.1 Å². The maximum Gasteiger partial charge on any atom is 0.254 e. The van der Waals surface area contributed by atoms with E-state index < -0.39 is 11.7 Å². The van der Waals surface area contributed by atoms with Gasteiger partial charge in [0.25, 0.3) is 5.91 Å². The minimum atomic E-state index is -0.598. The number of carbonyl (C=O) groups is 1. The van der Waals surface area contributed by atoms with Gasteiger partial charge in [0.05, 0.1) is 25.4 Å². The van der Waals surface area contributed by atoms with Crippen LogP contribution in [0.25, 0.3) is 0 Å². The van der Waals surface area contributed by atoms with Crippen LogP contribution in [0.3, 0.4) is 0 Å². The number of nitrogens with one attached hydrogen (secondary N) is 2. The molecule has 1 aromatic rings. The first-order valence-electron chi connectivity index (χ1n) is 6.15. The van der Waals surface area contributed by atoms with Crippen LogP contribution in [-0.2, 0) is 4.74 Å². The van der Waals surface area contributed by atoms with Crippen molar-refractivity contribution in [1.82, 2.24) is 10.6 Å². The minimum Gasteiger partial charge on any atom is -0.497 e. The predicted molar refractivity (Wildman–Crippen MR) is 67.9 cm³/mol. The number of hydrogen-bond acceptors (Lipinski definition) is 4. The Hall–Kier alpha value is -1.66. The minimum absolute atomic E-state index is 0.00423. The molecule has 2 N–H and O–H groups in total. The van der Waals surface area contributed by atoms with Gasteiger partial charge in [-0.3, -0.25) is 4.79 Å². The van der Waals surface area contributed by atoms with E-state index in [1.165, 1.54) is 19.2 Å². The average Bonchev–Trinajstić information content (AvgIpc) is 2.45. The summed E-state index contributed by atoms with van der Waals surface area (Å²) in [6.07, 6.45) is -0.0704.